The van der Waals surface area contributed by atoms with Crippen molar-refractivity contribution in [2.24, 2.45) is 0 Å². The molecule has 0 aliphatic heterocycles. The summed E-state index contributed by atoms with van der Waals surface area (Å²) < 4.78 is 5.13. The maximum absolute atomic E-state index is 5.58. The van der Waals surface area contributed by atoms with Crippen LogP contribution in [0.2, 0.25) is 0 Å². The van der Waals surface area contributed by atoms with Crippen molar-refractivity contribution < 1.29 is 4.74 Å². The molecule has 1 nitrogen and oxygen atoms in total. The van der Waals surface area contributed by atoms with E-state index in [4.69, 9.17) is 16.3 Å². The summed E-state index contributed by atoms with van der Waals surface area (Å²) in [4.78, 5) is 0. The Labute approximate surface area is 88.4 Å². The summed E-state index contributed by atoms with van der Waals surface area (Å²) in [5.41, 5.74) is 1.29. The third-order valence-corrected chi connectivity index (χ3v) is 3.07. The van der Waals surface area contributed by atoms with Gasteiger partial charge >= 0.3 is 0 Å². The number of halogens is 1. The fraction of sp³-hybridized carbons (Fsp3) is 0.400. The number of rotatable bonds is 5. The first-order valence-corrected chi connectivity index (χ1v) is 5.82. The summed E-state index contributed by atoms with van der Waals surface area (Å²) in [6.45, 7) is 0. The lowest BCUT2D eigenvalue weighted by atomic mass is 10.2. The van der Waals surface area contributed by atoms with Gasteiger partial charge in [-0.1, -0.05) is 12.1 Å². The summed E-state index contributed by atoms with van der Waals surface area (Å²) >= 11 is 7.42. The Morgan fingerprint density at radius 2 is 2.31 bits per heavy atom. The highest BCUT2D eigenvalue weighted by Gasteiger charge is 1.95. The Morgan fingerprint density at radius 3 is 3.00 bits per heavy atom. The van der Waals surface area contributed by atoms with Gasteiger partial charge in [-0.05, 0) is 17.7 Å². The Balaban J connectivity index is 2.46. The van der Waals surface area contributed by atoms with Gasteiger partial charge in [0.1, 0.15) is 5.75 Å². The zero-order valence-electron chi connectivity index (χ0n) is 7.63. The molecule has 0 fully saturated rings. The van der Waals surface area contributed by atoms with Crippen LogP contribution < -0.4 is 4.74 Å². The zero-order valence-corrected chi connectivity index (χ0v) is 9.20. The number of benzene rings is 1. The van der Waals surface area contributed by atoms with E-state index < -0.39 is 0 Å². The van der Waals surface area contributed by atoms with Crippen LogP contribution in [-0.2, 0) is 5.75 Å². The minimum Gasteiger partial charge on any atom is -0.497 e. The molecule has 72 valence electrons. The molecule has 0 aromatic heterocycles. The molecule has 0 saturated carbocycles. The van der Waals surface area contributed by atoms with Gasteiger partial charge in [0, 0.05) is 17.4 Å². The fourth-order valence-corrected chi connectivity index (χ4v) is 2.00. The molecule has 0 amide bonds. The Kier molecular flexibility index (Phi) is 5.09. The van der Waals surface area contributed by atoms with E-state index in [1.165, 1.54) is 5.56 Å². The minimum absolute atomic E-state index is 0.717. The minimum atomic E-state index is 0.717. The van der Waals surface area contributed by atoms with Crippen molar-refractivity contribution in [3.8, 4) is 5.75 Å². The summed E-state index contributed by atoms with van der Waals surface area (Å²) in [7, 11) is 1.69. The number of alkyl halides is 1. The van der Waals surface area contributed by atoms with Crippen molar-refractivity contribution in [3.05, 3.63) is 29.8 Å². The van der Waals surface area contributed by atoms with Gasteiger partial charge in [-0.3, -0.25) is 0 Å². The largest absolute Gasteiger partial charge is 0.497 e. The van der Waals surface area contributed by atoms with Gasteiger partial charge in [0.2, 0.25) is 0 Å². The summed E-state index contributed by atoms with van der Waals surface area (Å²) in [6, 6.07) is 8.12. The van der Waals surface area contributed by atoms with Crippen molar-refractivity contribution in [2.45, 2.75) is 5.75 Å². The number of hydrogen-bond acceptors (Lipinski definition) is 2. The van der Waals surface area contributed by atoms with E-state index >= 15 is 0 Å². The van der Waals surface area contributed by atoms with Crippen molar-refractivity contribution >= 4 is 23.4 Å². The molecule has 1 aromatic carbocycles. The van der Waals surface area contributed by atoms with Crippen molar-refractivity contribution in [1.29, 1.82) is 0 Å². The molecule has 0 radical (unpaired) electrons. The fourth-order valence-electron chi connectivity index (χ4n) is 1.01. The molecular weight excluding hydrogens is 204 g/mol. The molecule has 0 heterocycles. The summed E-state index contributed by atoms with van der Waals surface area (Å²) in [5.74, 6) is 3.64. The van der Waals surface area contributed by atoms with Crippen LogP contribution in [0.25, 0.3) is 0 Å². The average Bonchev–Trinajstić information content (AvgIpc) is 2.19. The summed E-state index contributed by atoms with van der Waals surface area (Å²) in [6.07, 6.45) is 0. The van der Waals surface area contributed by atoms with Gasteiger partial charge < -0.3 is 4.74 Å². The maximum Gasteiger partial charge on any atom is 0.119 e. The van der Waals surface area contributed by atoms with E-state index in [0.717, 1.165) is 17.3 Å². The van der Waals surface area contributed by atoms with Gasteiger partial charge in [0.05, 0.1) is 7.11 Å². The van der Waals surface area contributed by atoms with E-state index in [1.54, 1.807) is 7.11 Å². The van der Waals surface area contributed by atoms with E-state index in [9.17, 15) is 0 Å². The van der Waals surface area contributed by atoms with Crippen LogP contribution in [0.4, 0.5) is 0 Å². The quantitative estimate of drug-likeness (QED) is 0.553. The molecular formula is C10H13ClOS. The van der Waals surface area contributed by atoms with Crippen LogP contribution in [0.3, 0.4) is 0 Å². The highest BCUT2D eigenvalue weighted by Crippen LogP contribution is 2.17. The normalized spacial score (nSPS) is 10.0. The van der Waals surface area contributed by atoms with Crippen LogP contribution >= 0.6 is 23.4 Å². The Morgan fingerprint density at radius 1 is 1.46 bits per heavy atom. The molecule has 0 saturated heterocycles. The molecule has 3 heteroatoms. The monoisotopic (exact) mass is 216 g/mol. The van der Waals surface area contributed by atoms with Gasteiger partial charge in [-0.2, -0.15) is 11.8 Å². The predicted octanol–water partition coefficient (Wildman–Crippen LogP) is 3.17. The first-order chi connectivity index (χ1) is 6.36. The molecule has 13 heavy (non-hydrogen) atoms. The second-order valence-corrected chi connectivity index (χ2v) is 4.08. The van der Waals surface area contributed by atoms with Crippen LogP contribution in [0.5, 0.6) is 5.75 Å². The van der Waals surface area contributed by atoms with Gasteiger partial charge in [-0.15, -0.1) is 11.6 Å². The highest BCUT2D eigenvalue weighted by molar-refractivity contribution is 7.98. The molecule has 0 atom stereocenters. The first kappa shape index (κ1) is 10.7. The topological polar surface area (TPSA) is 9.23 Å². The van der Waals surface area contributed by atoms with Crippen LogP contribution in [0.1, 0.15) is 5.56 Å². The molecule has 0 unspecified atom stereocenters. The van der Waals surface area contributed by atoms with E-state index in [-0.39, 0.29) is 0 Å². The van der Waals surface area contributed by atoms with E-state index in [2.05, 4.69) is 12.1 Å². The number of thioether (sulfide) groups is 1. The first-order valence-electron chi connectivity index (χ1n) is 4.13. The lowest BCUT2D eigenvalue weighted by Crippen LogP contribution is -1.86. The Bertz CT molecular complexity index is 252. The molecule has 0 aliphatic carbocycles. The van der Waals surface area contributed by atoms with Gasteiger partial charge in [-0.25, -0.2) is 0 Å². The number of ether oxygens (including phenoxy) is 1. The lowest BCUT2D eigenvalue weighted by Gasteiger charge is -2.03. The Hall–Kier alpha value is -0.340. The molecule has 0 bridgehead atoms. The standard InChI is InChI=1S/C10H13ClOS/c1-12-10-4-2-3-9(7-10)8-13-6-5-11/h2-4,7H,5-6,8H2,1H3. The third kappa shape index (κ3) is 3.92. The van der Waals surface area contributed by atoms with Crippen LogP contribution in [-0.4, -0.2) is 18.7 Å². The van der Waals surface area contributed by atoms with Crippen molar-refractivity contribution in [2.75, 3.05) is 18.7 Å². The summed E-state index contributed by atoms with van der Waals surface area (Å²) in [5, 5.41) is 0. The smallest absolute Gasteiger partial charge is 0.119 e. The second kappa shape index (κ2) is 6.17. The van der Waals surface area contributed by atoms with Crippen LogP contribution in [0.15, 0.2) is 24.3 Å². The van der Waals surface area contributed by atoms with Crippen molar-refractivity contribution in [3.63, 3.8) is 0 Å². The van der Waals surface area contributed by atoms with Crippen molar-refractivity contribution in [1.82, 2.24) is 0 Å². The zero-order chi connectivity index (χ0) is 9.52. The SMILES string of the molecule is COc1cccc(CSCCCl)c1. The van der Waals surface area contributed by atoms with E-state index in [1.807, 2.05) is 23.9 Å². The lowest BCUT2D eigenvalue weighted by molar-refractivity contribution is 0.414. The van der Waals surface area contributed by atoms with Gasteiger partial charge in [0.25, 0.3) is 0 Å². The highest BCUT2D eigenvalue weighted by atomic mass is 35.5. The molecule has 0 N–H and O–H groups in total. The van der Waals surface area contributed by atoms with Gasteiger partial charge in [0.15, 0.2) is 0 Å². The molecule has 1 rings (SSSR count). The molecule has 0 aliphatic rings. The van der Waals surface area contributed by atoms with Crippen LogP contribution in [0, 0.1) is 0 Å². The maximum atomic E-state index is 5.58. The third-order valence-electron chi connectivity index (χ3n) is 1.62. The molecule has 1 aromatic rings. The van der Waals surface area contributed by atoms with E-state index in [0.29, 0.717) is 5.88 Å². The molecule has 0 spiro atoms. The number of hydrogen-bond donors (Lipinski definition) is 0. The number of methoxy groups -OCH3 is 1. The second-order valence-electron chi connectivity index (χ2n) is 2.59. The average molecular weight is 217 g/mol. The predicted molar refractivity (Wildman–Crippen MR) is 59.9 cm³/mol.